The van der Waals surface area contributed by atoms with Gasteiger partial charge in [0.25, 0.3) is 0 Å². The van der Waals surface area contributed by atoms with Crippen LogP contribution < -0.4 is 5.32 Å². The van der Waals surface area contributed by atoms with Crippen molar-refractivity contribution in [1.29, 1.82) is 0 Å². The van der Waals surface area contributed by atoms with Crippen LogP contribution in [0.15, 0.2) is 24.3 Å². The molecule has 88 valence electrons. The third-order valence-corrected chi connectivity index (χ3v) is 2.92. The second-order valence-electron chi connectivity index (χ2n) is 4.04. The van der Waals surface area contributed by atoms with Crippen LogP contribution >= 0.6 is 11.6 Å². The molecule has 16 heavy (non-hydrogen) atoms. The molecule has 0 aliphatic rings. The summed E-state index contributed by atoms with van der Waals surface area (Å²) in [6.45, 7) is 6.01. The third kappa shape index (κ3) is 3.53. The second-order valence-corrected chi connectivity index (χ2v) is 4.69. The number of halogens is 1. The van der Waals surface area contributed by atoms with Crippen molar-refractivity contribution < 1.29 is 4.79 Å². The van der Waals surface area contributed by atoms with E-state index in [4.69, 9.17) is 11.6 Å². The van der Waals surface area contributed by atoms with Crippen molar-refractivity contribution in [3.63, 3.8) is 0 Å². The van der Waals surface area contributed by atoms with Gasteiger partial charge in [0, 0.05) is 5.69 Å². The molecule has 0 aliphatic heterocycles. The molecule has 0 saturated carbocycles. The summed E-state index contributed by atoms with van der Waals surface area (Å²) < 4.78 is 0. The summed E-state index contributed by atoms with van der Waals surface area (Å²) in [5, 5.41) is 2.25. The molecule has 0 saturated heterocycles. The van der Waals surface area contributed by atoms with E-state index in [1.807, 2.05) is 24.3 Å². The lowest BCUT2D eigenvalue weighted by molar-refractivity contribution is -0.115. The SMILES string of the molecule is CC[C@@H](C)c1ccc(NC(=O)[C@@H](C)Cl)cc1. The van der Waals surface area contributed by atoms with Crippen LogP contribution in [0.1, 0.15) is 38.7 Å². The minimum atomic E-state index is -0.505. The molecule has 2 nitrogen and oxygen atoms in total. The van der Waals surface area contributed by atoms with E-state index in [9.17, 15) is 4.79 Å². The fourth-order valence-corrected chi connectivity index (χ4v) is 1.43. The molecule has 1 aromatic rings. The van der Waals surface area contributed by atoms with Gasteiger partial charge in [0.15, 0.2) is 0 Å². The molecule has 0 fully saturated rings. The number of hydrogen-bond acceptors (Lipinski definition) is 1. The number of benzene rings is 1. The number of amides is 1. The van der Waals surface area contributed by atoms with Gasteiger partial charge in [-0.05, 0) is 37.0 Å². The second kappa shape index (κ2) is 5.90. The van der Waals surface area contributed by atoms with E-state index in [2.05, 4.69) is 19.2 Å². The predicted octanol–water partition coefficient (Wildman–Crippen LogP) is 3.77. The molecule has 3 heteroatoms. The first-order valence-corrected chi connectivity index (χ1v) is 6.03. The molecule has 1 N–H and O–H groups in total. The monoisotopic (exact) mass is 239 g/mol. The minimum Gasteiger partial charge on any atom is -0.325 e. The highest BCUT2D eigenvalue weighted by molar-refractivity contribution is 6.32. The number of alkyl halides is 1. The Bertz CT molecular complexity index is 345. The number of rotatable bonds is 4. The normalized spacial score (nSPS) is 14.2. The number of anilines is 1. The first kappa shape index (κ1) is 13.0. The van der Waals surface area contributed by atoms with Crippen molar-refractivity contribution in [3.05, 3.63) is 29.8 Å². The number of nitrogens with one attached hydrogen (secondary N) is 1. The average Bonchev–Trinajstić information content (AvgIpc) is 2.28. The zero-order chi connectivity index (χ0) is 12.1. The predicted molar refractivity (Wildman–Crippen MR) is 69.1 cm³/mol. The summed E-state index contributed by atoms with van der Waals surface area (Å²) in [4.78, 5) is 11.3. The van der Waals surface area contributed by atoms with Gasteiger partial charge < -0.3 is 5.32 Å². The maximum absolute atomic E-state index is 11.3. The van der Waals surface area contributed by atoms with Gasteiger partial charge in [-0.3, -0.25) is 4.79 Å². The molecule has 0 aromatic heterocycles. The van der Waals surface area contributed by atoms with Crippen LogP contribution in [0.4, 0.5) is 5.69 Å². The van der Waals surface area contributed by atoms with Gasteiger partial charge in [0.05, 0.1) is 0 Å². The molecular weight excluding hydrogens is 222 g/mol. The van der Waals surface area contributed by atoms with E-state index >= 15 is 0 Å². The highest BCUT2D eigenvalue weighted by Crippen LogP contribution is 2.20. The number of carbonyl (C=O) groups is 1. The molecule has 0 spiro atoms. The summed E-state index contributed by atoms with van der Waals surface area (Å²) in [5.41, 5.74) is 2.09. The summed E-state index contributed by atoms with van der Waals surface area (Å²) in [7, 11) is 0. The zero-order valence-corrected chi connectivity index (χ0v) is 10.7. The topological polar surface area (TPSA) is 29.1 Å². The summed E-state index contributed by atoms with van der Waals surface area (Å²) in [6, 6.07) is 7.92. The highest BCUT2D eigenvalue weighted by atomic mass is 35.5. The van der Waals surface area contributed by atoms with E-state index in [0.717, 1.165) is 12.1 Å². The Labute approximate surface area is 102 Å². The molecule has 0 unspecified atom stereocenters. The van der Waals surface area contributed by atoms with Crippen molar-refractivity contribution in [2.75, 3.05) is 5.32 Å². The number of carbonyl (C=O) groups excluding carboxylic acids is 1. The molecule has 1 aromatic carbocycles. The van der Waals surface area contributed by atoms with Gasteiger partial charge in [-0.1, -0.05) is 26.0 Å². The van der Waals surface area contributed by atoms with Gasteiger partial charge in [-0.15, -0.1) is 11.6 Å². The zero-order valence-electron chi connectivity index (χ0n) is 9.96. The van der Waals surface area contributed by atoms with Crippen molar-refractivity contribution in [3.8, 4) is 0 Å². The molecule has 0 aliphatic carbocycles. The maximum Gasteiger partial charge on any atom is 0.242 e. The van der Waals surface area contributed by atoms with E-state index in [1.54, 1.807) is 6.92 Å². The van der Waals surface area contributed by atoms with Crippen LogP contribution in [0.2, 0.25) is 0 Å². The van der Waals surface area contributed by atoms with Gasteiger partial charge in [0.2, 0.25) is 5.91 Å². The first-order valence-electron chi connectivity index (χ1n) is 5.59. The standard InChI is InChI=1S/C13H18ClNO/c1-4-9(2)11-5-7-12(8-6-11)15-13(16)10(3)14/h5-10H,4H2,1-3H3,(H,15,16)/t9-,10-/m1/s1. The van der Waals surface area contributed by atoms with Crippen molar-refractivity contribution in [2.45, 2.75) is 38.5 Å². The van der Waals surface area contributed by atoms with E-state index < -0.39 is 5.38 Å². The fraction of sp³-hybridized carbons (Fsp3) is 0.462. The summed E-state index contributed by atoms with van der Waals surface area (Å²) in [5.74, 6) is 0.384. The van der Waals surface area contributed by atoms with Crippen molar-refractivity contribution >= 4 is 23.2 Å². The summed E-state index contributed by atoms with van der Waals surface area (Å²) in [6.07, 6.45) is 1.12. The van der Waals surface area contributed by atoms with Gasteiger partial charge in [-0.25, -0.2) is 0 Å². The molecule has 0 radical (unpaired) electrons. The Hall–Kier alpha value is -1.02. The molecule has 0 heterocycles. The van der Waals surface area contributed by atoms with E-state index in [-0.39, 0.29) is 5.91 Å². The Morgan fingerprint density at radius 2 is 1.88 bits per heavy atom. The lowest BCUT2D eigenvalue weighted by atomic mass is 9.99. The third-order valence-electron chi connectivity index (χ3n) is 2.72. The van der Waals surface area contributed by atoms with E-state index in [0.29, 0.717) is 5.92 Å². The Balaban J connectivity index is 2.68. The van der Waals surface area contributed by atoms with Crippen LogP contribution in [0.3, 0.4) is 0 Å². The van der Waals surface area contributed by atoms with E-state index in [1.165, 1.54) is 5.56 Å². The molecule has 0 bridgehead atoms. The maximum atomic E-state index is 11.3. The van der Waals surface area contributed by atoms with Crippen molar-refractivity contribution in [2.24, 2.45) is 0 Å². The smallest absolute Gasteiger partial charge is 0.242 e. The highest BCUT2D eigenvalue weighted by Gasteiger charge is 2.09. The first-order chi connectivity index (χ1) is 7.54. The fourth-order valence-electron chi connectivity index (χ4n) is 1.37. The quantitative estimate of drug-likeness (QED) is 0.797. The largest absolute Gasteiger partial charge is 0.325 e. The minimum absolute atomic E-state index is 0.169. The van der Waals surface area contributed by atoms with Gasteiger partial charge in [0.1, 0.15) is 5.38 Å². The Kier molecular flexibility index (Phi) is 4.81. The van der Waals surface area contributed by atoms with Crippen LogP contribution in [0.5, 0.6) is 0 Å². The molecule has 1 rings (SSSR count). The summed E-state index contributed by atoms with van der Waals surface area (Å²) >= 11 is 5.67. The Morgan fingerprint density at radius 1 is 1.31 bits per heavy atom. The molecule has 2 atom stereocenters. The lowest BCUT2D eigenvalue weighted by Crippen LogP contribution is -2.20. The lowest BCUT2D eigenvalue weighted by Gasteiger charge is -2.11. The van der Waals surface area contributed by atoms with Crippen LogP contribution in [0, 0.1) is 0 Å². The molecular formula is C13H18ClNO. The molecule has 1 amide bonds. The van der Waals surface area contributed by atoms with Crippen LogP contribution in [-0.2, 0) is 4.79 Å². The van der Waals surface area contributed by atoms with Gasteiger partial charge in [-0.2, -0.15) is 0 Å². The van der Waals surface area contributed by atoms with Gasteiger partial charge >= 0.3 is 0 Å². The van der Waals surface area contributed by atoms with Crippen LogP contribution in [0.25, 0.3) is 0 Å². The average molecular weight is 240 g/mol. The number of hydrogen-bond donors (Lipinski definition) is 1. The van der Waals surface area contributed by atoms with Crippen LogP contribution in [-0.4, -0.2) is 11.3 Å². The van der Waals surface area contributed by atoms with Crippen molar-refractivity contribution in [1.82, 2.24) is 0 Å². The Morgan fingerprint density at radius 3 is 2.31 bits per heavy atom.